The first-order valence-electron chi connectivity index (χ1n) is 3.50. The van der Waals surface area contributed by atoms with Crippen molar-refractivity contribution in [3.63, 3.8) is 0 Å². The number of rotatable bonds is 1. The van der Waals surface area contributed by atoms with E-state index in [1.54, 1.807) is 30.3 Å². The molecule has 1 aromatic carbocycles. The van der Waals surface area contributed by atoms with Gasteiger partial charge in [-0.3, -0.25) is 0 Å². The quantitative estimate of drug-likeness (QED) is 0.629. The highest BCUT2D eigenvalue weighted by atomic mass is 32.2. The monoisotopic (exact) mass is 187 g/mol. The predicted molar refractivity (Wildman–Crippen MR) is 50.0 cm³/mol. The minimum Gasteiger partial charge on any atom is -0.323 e. The Balaban J connectivity index is 0.000000354. The molecule has 68 valence electrons. The minimum absolute atomic E-state index is 0.368. The van der Waals surface area contributed by atoms with Crippen LogP contribution >= 0.6 is 0 Å². The van der Waals surface area contributed by atoms with Crippen LogP contribution in [0.1, 0.15) is 0 Å². The average molecular weight is 187 g/mol. The highest BCUT2D eigenvalue weighted by Gasteiger charge is 1.87. The highest BCUT2D eigenvalue weighted by molar-refractivity contribution is 7.72. The van der Waals surface area contributed by atoms with E-state index in [1.165, 1.54) is 0 Å². The fourth-order valence-electron chi connectivity index (χ4n) is 0.550. The number of hydrogen-bond donors (Lipinski definition) is 2. The van der Waals surface area contributed by atoms with Crippen LogP contribution in [0.25, 0.3) is 0 Å². The lowest BCUT2D eigenvalue weighted by molar-refractivity contribution is 0.614. The molecule has 12 heavy (non-hydrogen) atoms. The fraction of sp³-hybridized carbons (Fsp3) is 0.250. The smallest absolute Gasteiger partial charge is 0.168 e. The summed E-state index contributed by atoms with van der Waals surface area (Å²) in [4.78, 5) is 0.368. The molecule has 0 aromatic heterocycles. The molecular formula is C8H13NO2S. The molecule has 0 unspecified atom stereocenters. The lowest BCUT2D eigenvalue weighted by atomic mass is 10.4. The van der Waals surface area contributed by atoms with Crippen LogP contribution in [0.5, 0.6) is 0 Å². The van der Waals surface area contributed by atoms with Gasteiger partial charge in [-0.25, -0.2) is 8.42 Å². The van der Waals surface area contributed by atoms with E-state index in [9.17, 15) is 8.42 Å². The molecule has 1 rings (SSSR count). The predicted octanol–water partition coefficient (Wildman–Crippen LogP) is 0.492. The normalized spacial score (nSPS) is 8.92. The molecule has 0 bridgehead atoms. The van der Waals surface area contributed by atoms with Crippen LogP contribution in [-0.2, 0) is 10.7 Å². The van der Waals surface area contributed by atoms with Crippen molar-refractivity contribution in [3.8, 4) is 0 Å². The molecule has 0 radical (unpaired) electrons. The molecule has 1 aromatic rings. The molecule has 0 aliphatic heterocycles. The van der Waals surface area contributed by atoms with Gasteiger partial charge in [0.05, 0.1) is 4.90 Å². The summed E-state index contributed by atoms with van der Waals surface area (Å²) in [5.41, 5.74) is 0. The first kappa shape index (κ1) is 11.1. The first-order chi connectivity index (χ1) is 5.72. The Morgan fingerprint density at radius 2 is 1.50 bits per heavy atom. The molecule has 0 spiro atoms. The lowest BCUT2D eigenvalue weighted by Crippen LogP contribution is -1.89. The van der Waals surface area contributed by atoms with Gasteiger partial charge in [0, 0.05) is 0 Å². The third kappa shape index (κ3) is 4.87. The van der Waals surface area contributed by atoms with Crippen LogP contribution in [0, 0.1) is 0 Å². The number of hydrogen-bond acceptors (Lipinski definition) is 3. The van der Waals surface area contributed by atoms with E-state index in [0.29, 0.717) is 4.90 Å². The highest BCUT2D eigenvalue weighted by Crippen LogP contribution is 1.97. The van der Waals surface area contributed by atoms with Gasteiger partial charge in [-0.1, -0.05) is 18.2 Å². The maximum atomic E-state index is 10.2. The Kier molecular flexibility index (Phi) is 6.32. The summed E-state index contributed by atoms with van der Waals surface area (Å²) >= 11 is 0. The molecule has 0 heterocycles. The summed E-state index contributed by atoms with van der Waals surface area (Å²) in [7, 11) is 1.35. The van der Waals surface area contributed by atoms with Gasteiger partial charge < -0.3 is 5.32 Å². The number of benzene rings is 1. The molecule has 0 aliphatic rings. The van der Waals surface area contributed by atoms with Crippen LogP contribution in [0.4, 0.5) is 0 Å². The third-order valence-corrected chi connectivity index (χ3v) is 1.69. The van der Waals surface area contributed by atoms with E-state index in [4.69, 9.17) is 0 Å². The van der Waals surface area contributed by atoms with Crippen molar-refractivity contribution in [2.75, 3.05) is 14.1 Å². The number of nitrogens with one attached hydrogen (secondary N) is 1. The van der Waals surface area contributed by atoms with Crippen molar-refractivity contribution in [1.29, 1.82) is 0 Å². The van der Waals surface area contributed by atoms with Crippen LogP contribution in [0.3, 0.4) is 0 Å². The van der Waals surface area contributed by atoms with Crippen molar-refractivity contribution in [2.24, 2.45) is 0 Å². The van der Waals surface area contributed by atoms with E-state index >= 15 is 0 Å². The SMILES string of the molecule is CNC.O=[SH](=O)c1ccccc1. The Hall–Kier alpha value is -0.870. The van der Waals surface area contributed by atoms with Gasteiger partial charge in [-0.2, -0.15) is 0 Å². The van der Waals surface area contributed by atoms with Crippen molar-refractivity contribution < 1.29 is 8.42 Å². The van der Waals surface area contributed by atoms with Crippen LogP contribution in [-0.4, -0.2) is 22.5 Å². The van der Waals surface area contributed by atoms with Crippen molar-refractivity contribution in [2.45, 2.75) is 4.90 Å². The molecule has 0 atom stereocenters. The van der Waals surface area contributed by atoms with E-state index in [2.05, 4.69) is 5.32 Å². The molecule has 0 saturated carbocycles. The van der Waals surface area contributed by atoms with E-state index in [-0.39, 0.29) is 0 Å². The van der Waals surface area contributed by atoms with Gasteiger partial charge in [0.1, 0.15) is 0 Å². The summed E-state index contributed by atoms with van der Waals surface area (Å²) in [5, 5.41) is 2.75. The Morgan fingerprint density at radius 3 is 1.75 bits per heavy atom. The van der Waals surface area contributed by atoms with Gasteiger partial charge in [-0.05, 0) is 26.2 Å². The van der Waals surface area contributed by atoms with Gasteiger partial charge in [0.2, 0.25) is 0 Å². The maximum absolute atomic E-state index is 10.2. The molecule has 3 nitrogen and oxygen atoms in total. The van der Waals surface area contributed by atoms with Crippen LogP contribution < -0.4 is 5.32 Å². The zero-order chi connectivity index (χ0) is 9.40. The fourth-order valence-corrected chi connectivity index (χ4v) is 0.965. The minimum atomic E-state index is -2.40. The second-order valence-electron chi connectivity index (χ2n) is 2.09. The Bertz CT molecular complexity index is 262. The second kappa shape index (κ2) is 6.82. The first-order valence-corrected chi connectivity index (χ1v) is 4.68. The van der Waals surface area contributed by atoms with Crippen molar-refractivity contribution in [1.82, 2.24) is 5.32 Å². The third-order valence-electron chi connectivity index (χ3n) is 0.967. The van der Waals surface area contributed by atoms with Crippen LogP contribution in [0.2, 0.25) is 0 Å². The number of thiol groups is 1. The average Bonchev–Trinajstić information content (AvgIpc) is 2.07. The Labute approximate surface area is 74.4 Å². The van der Waals surface area contributed by atoms with E-state index in [0.717, 1.165) is 0 Å². The summed E-state index contributed by atoms with van der Waals surface area (Å²) in [6.45, 7) is 0. The second-order valence-corrected chi connectivity index (χ2v) is 3.12. The zero-order valence-electron chi connectivity index (χ0n) is 7.15. The largest absolute Gasteiger partial charge is 0.323 e. The molecule has 0 aliphatic carbocycles. The molecule has 1 N–H and O–H groups in total. The lowest BCUT2D eigenvalue weighted by Gasteiger charge is -1.83. The zero-order valence-corrected chi connectivity index (χ0v) is 8.04. The van der Waals surface area contributed by atoms with Gasteiger partial charge in [-0.15, -0.1) is 0 Å². The molecular weight excluding hydrogens is 174 g/mol. The van der Waals surface area contributed by atoms with Gasteiger partial charge in [0.25, 0.3) is 0 Å². The summed E-state index contributed by atoms with van der Waals surface area (Å²) in [5.74, 6) is 0. The Morgan fingerprint density at radius 1 is 1.08 bits per heavy atom. The van der Waals surface area contributed by atoms with Crippen molar-refractivity contribution in [3.05, 3.63) is 30.3 Å². The molecule has 0 amide bonds. The summed E-state index contributed by atoms with van der Waals surface area (Å²) in [6.07, 6.45) is 0. The van der Waals surface area contributed by atoms with Gasteiger partial charge in [0.15, 0.2) is 10.7 Å². The standard InChI is InChI=1S/C6H6O2S.C2H7N/c7-9(8)6-4-2-1-3-5-6;1-3-2/h1-5,9H;3H,1-2H3. The maximum Gasteiger partial charge on any atom is 0.168 e. The summed E-state index contributed by atoms with van der Waals surface area (Å²) in [6, 6.07) is 8.29. The summed E-state index contributed by atoms with van der Waals surface area (Å²) < 4.78 is 20.5. The van der Waals surface area contributed by atoms with Crippen molar-refractivity contribution >= 4 is 10.7 Å². The molecule has 4 heteroatoms. The molecule has 0 saturated heterocycles. The van der Waals surface area contributed by atoms with E-state index in [1.807, 2.05) is 14.1 Å². The van der Waals surface area contributed by atoms with Gasteiger partial charge >= 0.3 is 0 Å². The molecule has 0 fully saturated rings. The van der Waals surface area contributed by atoms with E-state index < -0.39 is 10.7 Å². The topological polar surface area (TPSA) is 46.2 Å². The van der Waals surface area contributed by atoms with Crippen LogP contribution in [0.15, 0.2) is 35.2 Å².